The van der Waals surface area contributed by atoms with E-state index in [1.807, 2.05) is 44.2 Å². The van der Waals surface area contributed by atoms with Crippen LogP contribution in [0.4, 0.5) is 10.1 Å². The predicted molar refractivity (Wildman–Crippen MR) is 151 cm³/mol. The SMILES string of the molecule is CC[C@H](C(=O)N[C@@H](C)CC)N(CCc1ccccc1)C(=O)CN(c1ccccc1F)S(=O)(=O)c1ccccc1. The first-order chi connectivity index (χ1) is 18.7. The van der Waals surface area contributed by atoms with E-state index < -0.39 is 34.3 Å². The lowest BCUT2D eigenvalue weighted by molar-refractivity contribution is -0.139. The van der Waals surface area contributed by atoms with Gasteiger partial charge in [0.15, 0.2) is 0 Å². The number of halogens is 1. The summed E-state index contributed by atoms with van der Waals surface area (Å²) >= 11 is 0. The molecule has 0 saturated heterocycles. The summed E-state index contributed by atoms with van der Waals surface area (Å²) in [6, 6.07) is 21.6. The summed E-state index contributed by atoms with van der Waals surface area (Å²) in [6.45, 7) is 5.16. The molecule has 0 unspecified atom stereocenters. The van der Waals surface area contributed by atoms with Crippen LogP contribution in [0.15, 0.2) is 89.8 Å². The van der Waals surface area contributed by atoms with Gasteiger partial charge in [0.25, 0.3) is 10.0 Å². The molecule has 0 bridgehead atoms. The van der Waals surface area contributed by atoms with Crippen molar-refractivity contribution in [3.8, 4) is 0 Å². The van der Waals surface area contributed by atoms with Gasteiger partial charge in [0.1, 0.15) is 18.4 Å². The fraction of sp³-hybridized carbons (Fsp3) is 0.333. The van der Waals surface area contributed by atoms with E-state index in [9.17, 15) is 22.4 Å². The molecular weight excluding hydrogens is 517 g/mol. The smallest absolute Gasteiger partial charge is 0.264 e. The fourth-order valence-electron chi connectivity index (χ4n) is 4.22. The Balaban J connectivity index is 2.00. The Kier molecular flexibility index (Phi) is 10.6. The molecule has 9 heteroatoms. The third-order valence-electron chi connectivity index (χ3n) is 6.60. The lowest BCUT2D eigenvalue weighted by atomic mass is 10.1. The predicted octanol–water partition coefficient (Wildman–Crippen LogP) is 4.79. The van der Waals surface area contributed by atoms with Crippen molar-refractivity contribution in [2.24, 2.45) is 0 Å². The second-order valence-electron chi connectivity index (χ2n) is 9.34. The summed E-state index contributed by atoms with van der Waals surface area (Å²) in [4.78, 5) is 28.5. The first kappa shape index (κ1) is 29.8. The number of benzene rings is 3. The molecule has 0 radical (unpaired) electrons. The number of hydrogen-bond donors (Lipinski definition) is 1. The highest BCUT2D eigenvalue weighted by atomic mass is 32.2. The van der Waals surface area contributed by atoms with Crippen molar-refractivity contribution in [1.29, 1.82) is 0 Å². The van der Waals surface area contributed by atoms with Crippen LogP contribution in [0.25, 0.3) is 0 Å². The number of nitrogens with zero attached hydrogens (tertiary/aromatic N) is 2. The lowest BCUT2D eigenvalue weighted by Crippen LogP contribution is -2.54. The van der Waals surface area contributed by atoms with Gasteiger partial charge in [-0.3, -0.25) is 13.9 Å². The molecule has 3 rings (SSSR count). The molecular formula is C30H36FN3O4S. The molecule has 0 fully saturated rings. The molecule has 2 amide bonds. The Morgan fingerprint density at radius 1 is 0.872 bits per heavy atom. The number of para-hydroxylation sites is 1. The van der Waals surface area contributed by atoms with Crippen LogP contribution in [0.1, 0.15) is 39.2 Å². The van der Waals surface area contributed by atoms with E-state index in [-0.39, 0.29) is 29.1 Å². The molecule has 3 aromatic rings. The summed E-state index contributed by atoms with van der Waals surface area (Å²) in [5.74, 6) is -1.68. The van der Waals surface area contributed by atoms with Crippen molar-refractivity contribution in [3.05, 3.63) is 96.3 Å². The van der Waals surface area contributed by atoms with Crippen LogP contribution in [0.2, 0.25) is 0 Å². The minimum atomic E-state index is -4.30. The zero-order valence-electron chi connectivity index (χ0n) is 22.6. The zero-order chi connectivity index (χ0) is 28.4. The van der Waals surface area contributed by atoms with E-state index >= 15 is 0 Å². The van der Waals surface area contributed by atoms with Gasteiger partial charge in [0, 0.05) is 12.6 Å². The highest BCUT2D eigenvalue weighted by Gasteiger charge is 2.34. The van der Waals surface area contributed by atoms with Crippen LogP contribution in [-0.2, 0) is 26.0 Å². The Labute approximate surface area is 230 Å². The molecule has 0 aliphatic heterocycles. The third-order valence-corrected chi connectivity index (χ3v) is 8.38. The molecule has 1 N–H and O–H groups in total. The van der Waals surface area contributed by atoms with Gasteiger partial charge in [-0.15, -0.1) is 0 Å². The first-order valence-electron chi connectivity index (χ1n) is 13.1. The van der Waals surface area contributed by atoms with Crippen molar-refractivity contribution in [2.75, 3.05) is 17.4 Å². The highest BCUT2D eigenvalue weighted by Crippen LogP contribution is 2.26. The van der Waals surface area contributed by atoms with Crippen LogP contribution in [0, 0.1) is 5.82 Å². The van der Waals surface area contributed by atoms with Crippen LogP contribution in [-0.4, -0.2) is 50.3 Å². The monoisotopic (exact) mass is 553 g/mol. The molecule has 0 saturated carbocycles. The maximum atomic E-state index is 14.9. The minimum absolute atomic E-state index is 0.0709. The topological polar surface area (TPSA) is 86.8 Å². The largest absolute Gasteiger partial charge is 0.352 e. The van der Waals surface area contributed by atoms with E-state index in [1.165, 1.54) is 35.2 Å². The van der Waals surface area contributed by atoms with Crippen LogP contribution >= 0.6 is 0 Å². The molecule has 7 nitrogen and oxygen atoms in total. The normalized spacial score (nSPS) is 12.8. The Hall–Kier alpha value is -3.72. The van der Waals surface area contributed by atoms with Crippen molar-refractivity contribution < 1.29 is 22.4 Å². The molecule has 3 aromatic carbocycles. The van der Waals surface area contributed by atoms with Gasteiger partial charge in [0.05, 0.1) is 10.6 Å². The van der Waals surface area contributed by atoms with E-state index in [2.05, 4.69) is 5.32 Å². The average molecular weight is 554 g/mol. The zero-order valence-corrected chi connectivity index (χ0v) is 23.4. The summed E-state index contributed by atoms with van der Waals surface area (Å²) in [5.41, 5.74) is 0.727. The molecule has 2 atom stereocenters. The van der Waals surface area contributed by atoms with Crippen molar-refractivity contribution in [2.45, 2.75) is 57.0 Å². The number of carbonyl (C=O) groups excluding carboxylic acids is 2. The van der Waals surface area contributed by atoms with Crippen molar-refractivity contribution in [3.63, 3.8) is 0 Å². The number of sulfonamides is 1. The molecule has 39 heavy (non-hydrogen) atoms. The van der Waals surface area contributed by atoms with E-state index in [4.69, 9.17) is 0 Å². The Morgan fingerprint density at radius 3 is 2.05 bits per heavy atom. The van der Waals surface area contributed by atoms with Crippen molar-refractivity contribution >= 4 is 27.5 Å². The third kappa shape index (κ3) is 7.66. The van der Waals surface area contributed by atoms with E-state index in [0.717, 1.165) is 22.4 Å². The summed E-state index contributed by atoms with van der Waals surface area (Å²) < 4.78 is 43.1. The molecule has 208 valence electrons. The Bertz CT molecular complexity index is 1340. The Morgan fingerprint density at radius 2 is 1.46 bits per heavy atom. The van der Waals surface area contributed by atoms with Crippen LogP contribution in [0.3, 0.4) is 0 Å². The lowest BCUT2D eigenvalue weighted by Gasteiger charge is -2.33. The molecule has 0 aromatic heterocycles. The summed E-state index contributed by atoms with van der Waals surface area (Å²) in [6.07, 6.45) is 1.51. The van der Waals surface area contributed by atoms with Gasteiger partial charge < -0.3 is 10.2 Å². The van der Waals surface area contributed by atoms with Crippen LogP contribution in [0.5, 0.6) is 0 Å². The van der Waals surface area contributed by atoms with Gasteiger partial charge >= 0.3 is 0 Å². The molecule has 0 spiro atoms. The maximum absolute atomic E-state index is 14.9. The summed E-state index contributed by atoms with van der Waals surface area (Å²) in [5, 5.41) is 2.94. The average Bonchev–Trinajstić information content (AvgIpc) is 2.95. The minimum Gasteiger partial charge on any atom is -0.352 e. The van der Waals surface area contributed by atoms with E-state index in [0.29, 0.717) is 12.8 Å². The van der Waals surface area contributed by atoms with Gasteiger partial charge in [-0.05, 0) is 56.0 Å². The van der Waals surface area contributed by atoms with Gasteiger partial charge in [-0.1, -0.05) is 74.5 Å². The number of hydrogen-bond acceptors (Lipinski definition) is 4. The van der Waals surface area contributed by atoms with E-state index in [1.54, 1.807) is 25.1 Å². The number of amides is 2. The van der Waals surface area contributed by atoms with Gasteiger partial charge in [0.2, 0.25) is 11.8 Å². The van der Waals surface area contributed by atoms with Crippen LogP contribution < -0.4 is 9.62 Å². The molecule has 0 heterocycles. The maximum Gasteiger partial charge on any atom is 0.264 e. The molecule has 0 aliphatic rings. The number of rotatable bonds is 13. The summed E-state index contributed by atoms with van der Waals surface area (Å²) in [7, 11) is -4.30. The van der Waals surface area contributed by atoms with Gasteiger partial charge in [-0.25, -0.2) is 12.8 Å². The highest BCUT2D eigenvalue weighted by molar-refractivity contribution is 7.92. The molecule has 0 aliphatic carbocycles. The fourth-order valence-corrected chi connectivity index (χ4v) is 5.67. The van der Waals surface area contributed by atoms with Crippen molar-refractivity contribution in [1.82, 2.24) is 10.2 Å². The second-order valence-corrected chi connectivity index (χ2v) is 11.2. The number of nitrogens with one attached hydrogen (secondary N) is 1. The number of carbonyl (C=O) groups is 2. The second kappa shape index (κ2) is 13.9. The quantitative estimate of drug-likeness (QED) is 0.330. The van der Waals surface area contributed by atoms with Gasteiger partial charge in [-0.2, -0.15) is 0 Å². The standard InChI is InChI=1S/C30H36FN3O4S/c1-4-23(3)32-30(36)27(5-2)33(21-20-24-14-8-6-9-15-24)29(35)22-34(28-19-13-12-18-26(28)31)39(37,38)25-16-10-7-11-17-25/h6-19,23,27H,4-5,20-22H2,1-3H3,(H,32,36)/t23-,27+/m0/s1. The number of anilines is 1. The first-order valence-corrected chi connectivity index (χ1v) is 14.6.